The Bertz CT molecular complexity index is 836. The van der Waals surface area contributed by atoms with Crippen molar-refractivity contribution in [2.24, 2.45) is 0 Å². The van der Waals surface area contributed by atoms with Crippen molar-refractivity contribution in [3.05, 3.63) is 35.3 Å². The first-order chi connectivity index (χ1) is 12.4. The van der Waals surface area contributed by atoms with Gasteiger partial charge in [-0.2, -0.15) is 0 Å². The van der Waals surface area contributed by atoms with Crippen molar-refractivity contribution in [3.8, 4) is 0 Å². The van der Waals surface area contributed by atoms with Gasteiger partial charge in [0.1, 0.15) is 23.2 Å². The maximum Gasteiger partial charge on any atom is 0.244 e. The van der Waals surface area contributed by atoms with Crippen LogP contribution in [0, 0.1) is 12.7 Å². The molecule has 2 unspecified atom stereocenters. The fraction of sp³-hybridized carbons (Fsp3) is 0.474. The predicted molar refractivity (Wildman–Crippen MR) is 100 cm³/mol. The van der Waals surface area contributed by atoms with Gasteiger partial charge >= 0.3 is 0 Å². The Kier molecular flexibility index (Phi) is 5.55. The normalized spacial score (nSPS) is 18.3. The summed E-state index contributed by atoms with van der Waals surface area (Å²) in [5.74, 6) is 1.26. The molecule has 1 aromatic carbocycles. The number of carbonyl (C=O) groups excluding carboxylic acids is 2. The van der Waals surface area contributed by atoms with E-state index in [0.29, 0.717) is 34.8 Å². The van der Waals surface area contributed by atoms with Crippen molar-refractivity contribution in [1.29, 1.82) is 0 Å². The van der Waals surface area contributed by atoms with Crippen molar-refractivity contribution in [1.82, 2.24) is 10.2 Å². The highest BCUT2D eigenvalue weighted by molar-refractivity contribution is 7.99. The van der Waals surface area contributed by atoms with E-state index in [1.165, 1.54) is 12.1 Å². The van der Waals surface area contributed by atoms with E-state index in [1.807, 2.05) is 20.8 Å². The van der Waals surface area contributed by atoms with Gasteiger partial charge in [-0.1, -0.05) is 6.92 Å². The van der Waals surface area contributed by atoms with E-state index in [1.54, 1.807) is 22.7 Å². The van der Waals surface area contributed by atoms with Gasteiger partial charge in [0, 0.05) is 23.1 Å². The third kappa shape index (κ3) is 3.58. The molecule has 0 radical (unpaired) electrons. The monoisotopic (exact) mass is 378 g/mol. The van der Waals surface area contributed by atoms with Crippen LogP contribution in [0.5, 0.6) is 0 Å². The van der Waals surface area contributed by atoms with E-state index in [0.717, 1.165) is 12.0 Å². The Morgan fingerprint density at radius 1 is 1.46 bits per heavy atom. The number of hydrogen-bond donors (Lipinski definition) is 1. The predicted octanol–water partition coefficient (Wildman–Crippen LogP) is 3.76. The number of nitrogens with one attached hydrogen (secondary N) is 1. The van der Waals surface area contributed by atoms with E-state index in [2.05, 4.69) is 5.32 Å². The van der Waals surface area contributed by atoms with Gasteiger partial charge in [0.15, 0.2) is 0 Å². The van der Waals surface area contributed by atoms with Crippen molar-refractivity contribution < 1.29 is 18.4 Å². The molecule has 0 saturated carbocycles. The SMILES string of the molecule is CCCC(=O)N1CSCC1C(=O)NC(C)c1oc2ccc(F)cc2c1C. The number of aryl methyl sites for hydroxylation is 1. The van der Waals surface area contributed by atoms with Crippen LogP contribution in [0.4, 0.5) is 4.39 Å². The number of furan rings is 1. The lowest BCUT2D eigenvalue weighted by Gasteiger charge is -2.24. The highest BCUT2D eigenvalue weighted by Crippen LogP contribution is 2.30. The fourth-order valence-corrected chi connectivity index (χ4v) is 4.44. The van der Waals surface area contributed by atoms with Crippen molar-refractivity contribution >= 4 is 34.5 Å². The third-order valence-corrected chi connectivity index (χ3v) is 5.67. The molecule has 1 N–H and O–H groups in total. The lowest BCUT2D eigenvalue weighted by molar-refractivity contribution is -0.138. The second-order valence-electron chi connectivity index (χ2n) is 6.59. The zero-order chi connectivity index (χ0) is 18.8. The highest BCUT2D eigenvalue weighted by Gasteiger charge is 2.35. The summed E-state index contributed by atoms with van der Waals surface area (Å²) in [7, 11) is 0. The Hall–Kier alpha value is -2.02. The lowest BCUT2D eigenvalue weighted by atomic mass is 10.1. The molecule has 2 atom stereocenters. The number of rotatable bonds is 5. The number of nitrogens with zero attached hydrogens (tertiary/aromatic N) is 1. The molecule has 26 heavy (non-hydrogen) atoms. The van der Waals surface area contributed by atoms with E-state index < -0.39 is 6.04 Å². The molecule has 140 valence electrons. The molecule has 2 heterocycles. The molecule has 1 aromatic heterocycles. The Labute approximate surface area is 156 Å². The van der Waals surface area contributed by atoms with Gasteiger partial charge in [-0.15, -0.1) is 11.8 Å². The van der Waals surface area contributed by atoms with Crippen LogP contribution < -0.4 is 5.32 Å². The number of halogens is 1. The number of fused-ring (bicyclic) bond motifs is 1. The summed E-state index contributed by atoms with van der Waals surface area (Å²) in [6.07, 6.45) is 1.22. The summed E-state index contributed by atoms with van der Waals surface area (Å²) < 4.78 is 19.3. The van der Waals surface area contributed by atoms with Gasteiger partial charge in [-0.05, 0) is 38.5 Å². The van der Waals surface area contributed by atoms with Crippen LogP contribution in [-0.4, -0.2) is 34.4 Å². The molecule has 5 nitrogen and oxygen atoms in total. The Morgan fingerprint density at radius 3 is 2.96 bits per heavy atom. The van der Waals surface area contributed by atoms with Gasteiger partial charge in [-0.25, -0.2) is 4.39 Å². The summed E-state index contributed by atoms with van der Waals surface area (Å²) >= 11 is 1.58. The summed E-state index contributed by atoms with van der Waals surface area (Å²) in [6, 6.07) is 3.56. The van der Waals surface area contributed by atoms with Crippen molar-refractivity contribution in [3.63, 3.8) is 0 Å². The second kappa shape index (κ2) is 7.70. The molecule has 0 bridgehead atoms. The number of thioether (sulfide) groups is 1. The highest BCUT2D eigenvalue weighted by atomic mass is 32.2. The summed E-state index contributed by atoms with van der Waals surface area (Å²) in [5, 5.41) is 3.65. The van der Waals surface area contributed by atoms with Crippen LogP contribution >= 0.6 is 11.8 Å². The zero-order valence-corrected chi connectivity index (χ0v) is 16.0. The molecule has 0 spiro atoms. The molecule has 1 aliphatic rings. The maximum atomic E-state index is 13.5. The fourth-order valence-electron chi connectivity index (χ4n) is 3.26. The van der Waals surface area contributed by atoms with Crippen LogP contribution in [0.15, 0.2) is 22.6 Å². The van der Waals surface area contributed by atoms with E-state index in [9.17, 15) is 14.0 Å². The largest absolute Gasteiger partial charge is 0.459 e. The quantitative estimate of drug-likeness (QED) is 0.861. The molecular formula is C19H23FN2O3S. The van der Waals surface area contributed by atoms with Crippen LogP contribution in [0.2, 0.25) is 0 Å². The molecule has 1 saturated heterocycles. The molecule has 2 amide bonds. The van der Waals surface area contributed by atoms with Gasteiger partial charge in [0.25, 0.3) is 0 Å². The van der Waals surface area contributed by atoms with Crippen LogP contribution in [-0.2, 0) is 9.59 Å². The standard InChI is InChI=1S/C19H23FN2O3S/c1-4-5-17(23)22-10-26-9-15(22)19(24)21-12(3)18-11(2)14-8-13(20)6-7-16(14)25-18/h6-8,12,15H,4-5,9-10H2,1-3H3,(H,21,24). The van der Waals surface area contributed by atoms with E-state index >= 15 is 0 Å². The molecule has 3 rings (SSSR count). The van der Waals surface area contributed by atoms with E-state index in [4.69, 9.17) is 4.42 Å². The van der Waals surface area contributed by atoms with Gasteiger partial charge in [0.2, 0.25) is 11.8 Å². The molecule has 0 aliphatic carbocycles. The molecule has 1 aliphatic heterocycles. The van der Waals surface area contributed by atoms with Crippen LogP contribution in [0.1, 0.15) is 44.1 Å². The van der Waals surface area contributed by atoms with Gasteiger partial charge in [0.05, 0.1) is 11.9 Å². The van der Waals surface area contributed by atoms with E-state index in [-0.39, 0.29) is 23.7 Å². The number of carbonyl (C=O) groups is 2. The average Bonchev–Trinajstić information content (AvgIpc) is 3.21. The Morgan fingerprint density at radius 2 is 2.23 bits per heavy atom. The number of amides is 2. The third-order valence-electron chi connectivity index (χ3n) is 4.66. The molecule has 1 fully saturated rings. The minimum absolute atomic E-state index is 0.0145. The molecule has 7 heteroatoms. The van der Waals surface area contributed by atoms with Gasteiger partial charge in [-0.3, -0.25) is 9.59 Å². The minimum atomic E-state index is -0.455. The maximum absolute atomic E-state index is 13.5. The second-order valence-corrected chi connectivity index (χ2v) is 7.59. The van der Waals surface area contributed by atoms with Crippen LogP contribution in [0.25, 0.3) is 11.0 Å². The van der Waals surface area contributed by atoms with Gasteiger partial charge < -0.3 is 14.6 Å². The lowest BCUT2D eigenvalue weighted by Crippen LogP contribution is -2.47. The Balaban J connectivity index is 1.75. The minimum Gasteiger partial charge on any atom is -0.459 e. The molecule has 2 aromatic rings. The van der Waals surface area contributed by atoms with Crippen LogP contribution in [0.3, 0.4) is 0 Å². The first-order valence-electron chi connectivity index (χ1n) is 8.78. The smallest absolute Gasteiger partial charge is 0.244 e. The first kappa shape index (κ1) is 18.8. The topological polar surface area (TPSA) is 62.6 Å². The average molecular weight is 378 g/mol. The summed E-state index contributed by atoms with van der Waals surface area (Å²) in [4.78, 5) is 26.6. The number of hydrogen-bond acceptors (Lipinski definition) is 4. The number of benzene rings is 1. The summed E-state index contributed by atoms with van der Waals surface area (Å²) in [5.41, 5.74) is 1.41. The van der Waals surface area contributed by atoms with Crippen molar-refractivity contribution in [2.75, 3.05) is 11.6 Å². The summed E-state index contributed by atoms with van der Waals surface area (Å²) in [6.45, 7) is 5.64. The first-order valence-corrected chi connectivity index (χ1v) is 9.94. The zero-order valence-electron chi connectivity index (χ0n) is 15.2. The van der Waals surface area contributed by atoms with Crippen molar-refractivity contribution in [2.45, 2.75) is 45.7 Å². The molecular weight excluding hydrogens is 355 g/mol.